The molecule has 0 aliphatic heterocycles. The predicted octanol–water partition coefficient (Wildman–Crippen LogP) is 2.87. The number of rotatable bonds is 0. The van der Waals surface area contributed by atoms with Crippen LogP contribution in [0.25, 0.3) is 0 Å². The van der Waals surface area contributed by atoms with Gasteiger partial charge in [0.1, 0.15) is 0 Å². The van der Waals surface area contributed by atoms with E-state index in [4.69, 9.17) is 0 Å². The molecule has 2 atom stereocenters. The van der Waals surface area contributed by atoms with Crippen LogP contribution in [-0.4, -0.2) is 5.67 Å². The molecule has 0 amide bonds. The van der Waals surface area contributed by atoms with Crippen LogP contribution in [0.5, 0.6) is 0 Å². The summed E-state index contributed by atoms with van der Waals surface area (Å²) >= 11 is 0. The topological polar surface area (TPSA) is 0 Å². The second kappa shape index (κ2) is 3.03. The van der Waals surface area contributed by atoms with E-state index in [0.29, 0.717) is 5.92 Å². The number of hydrogen-bond donors (Lipinski definition) is 0. The minimum absolute atomic E-state index is 0.122. The highest BCUT2D eigenvalue weighted by Crippen LogP contribution is 2.31. The quantitative estimate of drug-likeness (QED) is 0.498. The molecular weight excluding hydrogens is 163 g/mol. The number of allylic oxidation sites excluding steroid dienone is 4. The van der Waals surface area contributed by atoms with E-state index < -0.39 is 5.67 Å². The fourth-order valence-electron chi connectivity index (χ4n) is 1.31. The smallest absolute Gasteiger partial charge is 0.195 e. The first kappa shape index (κ1) is 8.56. The van der Waals surface area contributed by atoms with E-state index in [2.05, 4.69) is 11.8 Å². The molecule has 2 aliphatic rings. The third kappa shape index (κ3) is 1.83. The molecule has 68 valence electrons. The summed E-state index contributed by atoms with van der Waals surface area (Å²) in [7, 11) is 0. The lowest BCUT2D eigenvalue weighted by atomic mass is 9.87. The van der Waals surface area contributed by atoms with Gasteiger partial charge in [0.2, 0.25) is 0 Å². The molecule has 2 rings (SSSR count). The predicted molar refractivity (Wildman–Crippen MR) is 51.8 cm³/mol. The van der Waals surface area contributed by atoms with E-state index in [0.717, 1.165) is 12.8 Å². The van der Waals surface area contributed by atoms with Crippen molar-refractivity contribution in [3.8, 4) is 11.8 Å². The minimum Gasteiger partial charge on any atom is -0.224 e. The highest BCUT2D eigenvalue weighted by Gasteiger charge is 2.31. The molecule has 1 saturated carbocycles. The van der Waals surface area contributed by atoms with Gasteiger partial charge in [-0.3, -0.25) is 0 Å². The molecule has 0 spiro atoms. The summed E-state index contributed by atoms with van der Waals surface area (Å²) in [6, 6.07) is 0. The van der Waals surface area contributed by atoms with Gasteiger partial charge in [-0.15, -0.1) is 0 Å². The van der Waals surface area contributed by atoms with Gasteiger partial charge in [-0.25, -0.2) is 4.39 Å². The largest absolute Gasteiger partial charge is 0.224 e. The lowest BCUT2D eigenvalue weighted by Crippen LogP contribution is -2.27. The second-order valence-corrected chi connectivity index (χ2v) is 3.84. The maximum Gasteiger partial charge on any atom is 0.195 e. The maximum absolute atomic E-state index is 14.0. The van der Waals surface area contributed by atoms with E-state index in [1.165, 1.54) is 0 Å². The minimum atomic E-state index is -1.42. The number of halogens is 1. The Morgan fingerprint density at radius 3 is 2.77 bits per heavy atom. The maximum atomic E-state index is 14.0. The van der Waals surface area contributed by atoms with Crippen molar-refractivity contribution in [2.45, 2.75) is 25.4 Å². The fourth-order valence-corrected chi connectivity index (χ4v) is 1.31. The van der Waals surface area contributed by atoms with Gasteiger partial charge in [-0.1, -0.05) is 37.0 Å². The van der Waals surface area contributed by atoms with Crippen LogP contribution in [-0.2, 0) is 0 Å². The Morgan fingerprint density at radius 2 is 2.15 bits per heavy atom. The lowest BCUT2D eigenvalue weighted by Gasteiger charge is -2.22. The van der Waals surface area contributed by atoms with Gasteiger partial charge >= 0.3 is 0 Å². The zero-order valence-corrected chi connectivity index (χ0v) is 7.76. The van der Waals surface area contributed by atoms with Crippen LogP contribution in [0.4, 0.5) is 4.39 Å². The van der Waals surface area contributed by atoms with Crippen molar-refractivity contribution in [1.29, 1.82) is 0 Å². The van der Waals surface area contributed by atoms with E-state index in [1.54, 1.807) is 12.2 Å². The molecule has 1 fully saturated rings. The molecule has 0 saturated heterocycles. The SMILES string of the molecule is CC1C=CC=CC1(F)C#CC1CC1. The monoisotopic (exact) mass is 176 g/mol. The summed E-state index contributed by atoms with van der Waals surface area (Å²) in [5.41, 5.74) is -1.42. The molecule has 0 radical (unpaired) electrons. The molecule has 0 nitrogen and oxygen atoms in total. The molecule has 2 unspecified atom stereocenters. The van der Waals surface area contributed by atoms with Crippen LogP contribution in [0.3, 0.4) is 0 Å². The van der Waals surface area contributed by atoms with Crippen molar-refractivity contribution in [2.24, 2.45) is 11.8 Å². The summed E-state index contributed by atoms with van der Waals surface area (Å²) in [6.45, 7) is 1.86. The first-order valence-electron chi connectivity index (χ1n) is 4.78. The first-order chi connectivity index (χ1) is 6.21. The molecule has 13 heavy (non-hydrogen) atoms. The Morgan fingerprint density at radius 1 is 1.38 bits per heavy atom. The Kier molecular flexibility index (Phi) is 2.00. The summed E-state index contributed by atoms with van der Waals surface area (Å²) in [5, 5.41) is 0. The van der Waals surface area contributed by atoms with Crippen molar-refractivity contribution in [3.05, 3.63) is 24.3 Å². The van der Waals surface area contributed by atoms with Crippen LogP contribution in [0.1, 0.15) is 19.8 Å². The normalized spacial score (nSPS) is 36.9. The molecular formula is C12H13F. The van der Waals surface area contributed by atoms with Gasteiger partial charge in [0, 0.05) is 11.8 Å². The van der Waals surface area contributed by atoms with Gasteiger partial charge in [0.25, 0.3) is 0 Å². The van der Waals surface area contributed by atoms with Gasteiger partial charge < -0.3 is 0 Å². The highest BCUT2D eigenvalue weighted by atomic mass is 19.1. The van der Waals surface area contributed by atoms with Crippen molar-refractivity contribution in [2.75, 3.05) is 0 Å². The number of alkyl halides is 1. The van der Waals surface area contributed by atoms with Crippen LogP contribution in [0, 0.1) is 23.7 Å². The van der Waals surface area contributed by atoms with Crippen LogP contribution in [0.15, 0.2) is 24.3 Å². The average molecular weight is 176 g/mol. The zero-order valence-electron chi connectivity index (χ0n) is 7.76. The third-order valence-corrected chi connectivity index (χ3v) is 2.56. The molecule has 2 aliphatic carbocycles. The first-order valence-corrected chi connectivity index (χ1v) is 4.78. The van der Waals surface area contributed by atoms with E-state index in [9.17, 15) is 4.39 Å². The summed E-state index contributed by atoms with van der Waals surface area (Å²) in [6.07, 6.45) is 9.34. The van der Waals surface area contributed by atoms with Gasteiger partial charge in [-0.2, -0.15) is 0 Å². The van der Waals surface area contributed by atoms with Gasteiger partial charge in [-0.05, 0) is 18.9 Å². The zero-order chi connectivity index (χ0) is 9.31. The Labute approximate surface area is 78.5 Å². The summed E-state index contributed by atoms with van der Waals surface area (Å²) < 4.78 is 14.0. The van der Waals surface area contributed by atoms with E-state index in [-0.39, 0.29) is 5.92 Å². The lowest BCUT2D eigenvalue weighted by molar-refractivity contribution is 0.249. The van der Waals surface area contributed by atoms with Crippen molar-refractivity contribution in [3.63, 3.8) is 0 Å². The van der Waals surface area contributed by atoms with Crippen LogP contribution < -0.4 is 0 Å². The molecule has 0 aromatic rings. The second-order valence-electron chi connectivity index (χ2n) is 3.84. The van der Waals surface area contributed by atoms with Crippen molar-refractivity contribution >= 4 is 0 Å². The fraction of sp³-hybridized carbons (Fsp3) is 0.500. The average Bonchev–Trinajstić information content (AvgIpc) is 2.91. The standard InChI is InChI=1S/C12H13F/c1-10-4-2-3-8-12(10,13)9-7-11-5-6-11/h2-4,8,10-11H,5-6H2,1H3. The van der Waals surface area contributed by atoms with Crippen molar-refractivity contribution < 1.29 is 4.39 Å². The number of hydrogen-bond acceptors (Lipinski definition) is 0. The van der Waals surface area contributed by atoms with Gasteiger partial charge in [0.05, 0.1) is 0 Å². The third-order valence-electron chi connectivity index (χ3n) is 2.56. The molecule has 0 bridgehead atoms. The molecule has 0 heterocycles. The highest BCUT2D eigenvalue weighted by molar-refractivity contribution is 5.33. The van der Waals surface area contributed by atoms with E-state index in [1.807, 2.05) is 19.1 Å². The van der Waals surface area contributed by atoms with E-state index >= 15 is 0 Å². The molecule has 0 aromatic carbocycles. The molecule has 1 heteroatoms. The Bertz CT molecular complexity index is 312. The summed E-state index contributed by atoms with van der Waals surface area (Å²) in [4.78, 5) is 0. The summed E-state index contributed by atoms with van der Waals surface area (Å²) in [5.74, 6) is 6.09. The van der Waals surface area contributed by atoms with Gasteiger partial charge in [0.15, 0.2) is 5.67 Å². The van der Waals surface area contributed by atoms with Crippen molar-refractivity contribution in [1.82, 2.24) is 0 Å². The molecule has 0 aromatic heterocycles. The Hall–Kier alpha value is -1.03. The molecule has 0 N–H and O–H groups in total. The Balaban J connectivity index is 2.15. The van der Waals surface area contributed by atoms with Crippen LogP contribution in [0.2, 0.25) is 0 Å². The van der Waals surface area contributed by atoms with Crippen LogP contribution >= 0.6 is 0 Å².